The Balaban J connectivity index is 2.03. The molecule has 2 N–H and O–H groups in total. The molecule has 1 amide bonds. The van der Waals surface area contributed by atoms with Gasteiger partial charge in [0.2, 0.25) is 0 Å². The normalized spacial score (nSPS) is 10.4. The molecule has 106 valence electrons. The molecule has 0 saturated heterocycles. The summed E-state index contributed by atoms with van der Waals surface area (Å²) in [6.07, 6.45) is 3.43. The van der Waals surface area contributed by atoms with E-state index in [9.17, 15) is 9.59 Å². The van der Waals surface area contributed by atoms with Gasteiger partial charge in [-0.15, -0.1) is 0 Å². The lowest BCUT2D eigenvalue weighted by Crippen LogP contribution is -2.29. The second kappa shape index (κ2) is 6.65. The topological polar surface area (TPSA) is 92.7 Å². The Morgan fingerprint density at radius 2 is 2.25 bits per heavy atom. The van der Waals surface area contributed by atoms with E-state index in [1.807, 2.05) is 6.92 Å². The molecule has 0 aliphatic heterocycles. The minimum absolute atomic E-state index is 0.191. The average Bonchev–Trinajstić information content (AvgIpc) is 2.97. The fourth-order valence-corrected chi connectivity index (χ4v) is 1.69. The van der Waals surface area contributed by atoms with Gasteiger partial charge in [-0.2, -0.15) is 10.2 Å². The molecular weight excluding hydrogens is 258 g/mol. The van der Waals surface area contributed by atoms with Crippen LogP contribution in [0.25, 0.3) is 0 Å². The van der Waals surface area contributed by atoms with Crippen molar-refractivity contribution in [1.29, 1.82) is 0 Å². The molecule has 0 spiro atoms. The summed E-state index contributed by atoms with van der Waals surface area (Å²) in [6, 6.07) is 4.58. The molecule has 0 atom stereocenters. The van der Waals surface area contributed by atoms with E-state index in [4.69, 9.17) is 0 Å². The third kappa shape index (κ3) is 3.53. The predicted molar refractivity (Wildman–Crippen MR) is 73.2 cm³/mol. The molecule has 0 saturated carbocycles. The highest BCUT2D eigenvalue weighted by Crippen LogP contribution is 1.96. The fourth-order valence-electron chi connectivity index (χ4n) is 1.69. The number of aryl methyl sites for hydroxylation is 1. The molecule has 20 heavy (non-hydrogen) atoms. The maximum Gasteiger partial charge on any atom is 0.272 e. The summed E-state index contributed by atoms with van der Waals surface area (Å²) >= 11 is 0. The highest BCUT2D eigenvalue weighted by molar-refractivity contribution is 5.91. The van der Waals surface area contributed by atoms with Gasteiger partial charge in [-0.3, -0.25) is 14.7 Å². The zero-order valence-corrected chi connectivity index (χ0v) is 11.3. The number of amides is 1. The molecule has 2 heterocycles. The molecule has 0 aliphatic rings. The number of H-pyrrole nitrogens is 1. The molecule has 0 unspecified atom stereocenters. The Hall–Kier alpha value is -2.44. The van der Waals surface area contributed by atoms with Crippen LogP contribution in [-0.2, 0) is 13.1 Å². The molecule has 0 radical (unpaired) electrons. The third-order valence-electron chi connectivity index (χ3n) is 2.82. The monoisotopic (exact) mass is 275 g/mol. The second-order valence-corrected chi connectivity index (χ2v) is 4.40. The van der Waals surface area contributed by atoms with E-state index in [0.29, 0.717) is 13.1 Å². The minimum atomic E-state index is -0.315. The SMILES string of the molecule is CCCCn1nc(C(=O)NCc2ccn[nH]2)ccc1=O. The molecule has 0 fully saturated rings. The lowest BCUT2D eigenvalue weighted by Gasteiger charge is -2.06. The van der Waals surface area contributed by atoms with E-state index >= 15 is 0 Å². The number of carbonyl (C=O) groups excluding carboxylic acids is 1. The van der Waals surface area contributed by atoms with Crippen LogP contribution in [-0.4, -0.2) is 25.9 Å². The van der Waals surface area contributed by atoms with Crippen LogP contribution in [0.4, 0.5) is 0 Å². The lowest BCUT2D eigenvalue weighted by atomic mass is 10.3. The van der Waals surface area contributed by atoms with E-state index < -0.39 is 0 Å². The van der Waals surface area contributed by atoms with Crippen molar-refractivity contribution in [3.05, 3.63) is 46.1 Å². The molecule has 0 aromatic carbocycles. The summed E-state index contributed by atoms with van der Waals surface area (Å²) in [4.78, 5) is 23.6. The van der Waals surface area contributed by atoms with Crippen molar-refractivity contribution in [3.63, 3.8) is 0 Å². The Labute approximate surface area is 116 Å². The average molecular weight is 275 g/mol. The maximum absolute atomic E-state index is 12.0. The van der Waals surface area contributed by atoms with Gasteiger partial charge in [0.05, 0.1) is 12.2 Å². The van der Waals surface area contributed by atoms with Crippen LogP contribution >= 0.6 is 0 Å². The summed E-state index contributed by atoms with van der Waals surface area (Å²) in [5.74, 6) is -0.315. The van der Waals surface area contributed by atoms with Crippen molar-refractivity contribution >= 4 is 5.91 Å². The van der Waals surface area contributed by atoms with Crippen molar-refractivity contribution in [3.8, 4) is 0 Å². The summed E-state index contributed by atoms with van der Waals surface area (Å²) < 4.78 is 1.33. The van der Waals surface area contributed by atoms with Gasteiger partial charge in [-0.1, -0.05) is 13.3 Å². The molecule has 2 aromatic rings. The standard InChI is InChI=1S/C13H17N5O2/c1-2-3-8-18-12(19)5-4-11(17-18)13(20)14-9-10-6-7-15-16-10/h4-7H,2-3,8-9H2,1H3,(H,14,20)(H,15,16). The summed E-state index contributed by atoms with van der Waals surface area (Å²) in [6.45, 7) is 2.90. The quantitative estimate of drug-likeness (QED) is 0.811. The molecule has 0 bridgehead atoms. The van der Waals surface area contributed by atoms with E-state index in [1.165, 1.54) is 16.8 Å². The van der Waals surface area contributed by atoms with Gasteiger partial charge < -0.3 is 5.32 Å². The van der Waals surface area contributed by atoms with E-state index in [1.54, 1.807) is 12.3 Å². The van der Waals surface area contributed by atoms with Crippen LogP contribution in [0.15, 0.2) is 29.2 Å². The number of hydrogen-bond donors (Lipinski definition) is 2. The van der Waals surface area contributed by atoms with Crippen molar-refractivity contribution in [1.82, 2.24) is 25.3 Å². The number of aromatic amines is 1. The van der Waals surface area contributed by atoms with E-state index in [2.05, 4.69) is 20.6 Å². The molecule has 0 aliphatic carbocycles. The van der Waals surface area contributed by atoms with Crippen LogP contribution in [0.1, 0.15) is 35.9 Å². The summed E-state index contributed by atoms with van der Waals surface area (Å²) in [5.41, 5.74) is 0.849. The zero-order valence-electron chi connectivity index (χ0n) is 11.3. The van der Waals surface area contributed by atoms with Crippen molar-refractivity contribution in [2.24, 2.45) is 0 Å². The maximum atomic E-state index is 12.0. The summed E-state index contributed by atoms with van der Waals surface area (Å²) in [7, 11) is 0. The zero-order chi connectivity index (χ0) is 14.4. The number of carbonyl (C=O) groups is 1. The van der Waals surface area contributed by atoms with Crippen LogP contribution in [0.5, 0.6) is 0 Å². The number of rotatable bonds is 6. The number of unbranched alkanes of at least 4 members (excludes halogenated alkanes) is 1. The number of nitrogens with one attached hydrogen (secondary N) is 2. The van der Waals surface area contributed by atoms with Gasteiger partial charge in [-0.05, 0) is 18.6 Å². The Morgan fingerprint density at radius 3 is 2.95 bits per heavy atom. The first-order chi connectivity index (χ1) is 9.70. The highest BCUT2D eigenvalue weighted by Gasteiger charge is 2.09. The van der Waals surface area contributed by atoms with Crippen LogP contribution in [0.3, 0.4) is 0 Å². The Bertz CT molecular complexity index is 618. The van der Waals surface area contributed by atoms with Crippen molar-refractivity contribution in [2.75, 3.05) is 0 Å². The van der Waals surface area contributed by atoms with Crippen LogP contribution in [0, 0.1) is 0 Å². The summed E-state index contributed by atoms with van der Waals surface area (Å²) in [5, 5.41) is 13.3. The first kappa shape index (κ1) is 14.0. The van der Waals surface area contributed by atoms with E-state index in [0.717, 1.165) is 18.5 Å². The molecule has 7 nitrogen and oxygen atoms in total. The van der Waals surface area contributed by atoms with Gasteiger partial charge in [0.15, 0.2) is 0 Å². The fraction of sp³-hybridized carbons (Fsp3) is 0.385. The molecule has 7 heteroatoms. The van der Waals surface area contributed by atoms with Crippen molar-refractivity contribution in [2.45, 2.75) is 32.9 Å². The van der Waals surface area contributed by atoms with Gasteiger partial charge in [0.25, 0.3) is 11.5 Å². The Morgan fingerprint density at radius 1 is 1.40 bits per heavy atom. The van der Waals surface area contributed by atoms with Gasteiger partial charge in [0, 0.05) is 18.8 Å². The predicted octanol–water partition coefficient (Wildman–Crippen LogP) is 0.697. The van der Waals surface area contributed by atoms with Crippen LogP contribution < -0.4 is 10.9 Å². The smallest absolute Gasteiger partial charge is 0.272 e. The number of nitrogens with zero attached hydrogens (tertiary/aromatic N) is 3. The van der Waals surface area contributed by atoms with Crippen molar-refractivity contribution < 1.29 is 4.79 Å². The largest absolute Gasteiger partial charge is 0.345 e. The molecule has 2 rings (SSSR count). The van der Waals surface area contributed by atoms with Gasteiger partial charge in [-0.25, -0.2) is 4.68 Å². The Kier molecular flexibility index (Phi) is 4.65. The first-order valence-corrected chi connectivity index (χ1v) is 6.55. The van der Waals surface area contributed by atoms with Gasteiger partial charge >= 0.3 is 0 Å². The lowest BCUT2D eigenvalue weighted by molar-refractivity contribution is 0.0942. The highest BCUT2D eigenvalue weighted by atomic mass is 16.2. The van der Waals surface area contributed by atoms with Crippen LogP contribution in [0.2, 0.25) is 0 Å². The third-order valence-corrected chi connectivity index (χ3v) is 2.82. The minimum Gasteiger partial charge on any atom is -0.345 e. The first-order valence-electron chi connectivity index (χ1n) is 6.55. The molecular formula is C13H17N5O2. The number of aromatic nitrogens is 4. The second-order valence-electron chi connectivity index (χ2n) is 4.40. The van der Waals surface area contributed by atoms with E-state index in [-0.39, 0.29) is 17.2 Å². The molecule has 2 aromatic heterocycles. The number of hydrogen-bond acceptors (Lipinski definition) is 4. The van der Waals surface area contributed by atoms with Gasteiger partial charge in [0.1, 0.15) is 5.69 Å².